The monoisotopic (exact) mass is 481 g/mol. The molecule has 2 unspecified atom stereocenters. The van der Waals surface area contributed by atoms with E-state index in [2.05, 4.69) is 15.3 Å². The molecule has 4 rings (SSSR count). The highest BCUT2D eigenvalue weighted by molar-refractivity contribution is 5.98. The second-order valence-corrected chi connectivity index (χ2v) is 8.35. The minimum Gasteiger partial charge on any atom is -0.497 e. The van der Waals surface area contributed by atoms with E-state index in [0.29, 0.717) is 55.5 Å². The first kappa shape index (κ1) is 24.1. The predicted molar refractivity (Wildman–Crippen MR) is 126 cm³/mol. The maximum atomic E-state index is 13.3. The van der Waals surface area contributed by atoms with Crippen molar-refractivity contribution >= 4 is 23.6 Å². The molecule has 0 radical (unpaired) electrons. The Morgan fingerprint density at radius 2 is 1.97 bits per heavy atom. The molecule has 1 amide bonds. The third-order valence-corrected chi connectivity index (χ3v) is 6.44. The van der Waals surface area contributed by atoms with Crippen molar-refractivity contribution in [3.8, 4) is 17.6 Å². The van der Waals surface area contributed by atoms with Gasteiger partial charge in [-0.1, -0.05) is 6.07 Å². The molecular weight excluding hydrogens is 454 g/mol. The van der Waals surface area contributed by atoms with E-state index in [1.807, 2.05) is 11.0 Å². The van der Waals surface area contributed by atoms with Crippen LogP contribution in [0, 0.1) is 23.2 Å². The van der Waals surface area contributed by atoms with Gasteiger partial charge in [0, 0.05) is 30.6 Å². The zero-order chi connectivity index (χ0) is 25.1. The van der Waals surface area contributed by atoms with Crippen molar-refractivity contribution in [3.05, 3.63) is 39.7 Å². The summed E-state index contributed by atoms with van der Waals surface area (Å²) in [5.74, 6) is -1.67. The molecule has 2 N–H and O–H groups in total. The van der Waals surface area contributed by atoms with Crippen molar-refractivity contribution in [3.63, 3.8) is 0 Å². The fourth-order valence-corrected chi connectivity index (χ4v) is 4.65. The van der Waals surface area contributed by atoms with Crippen LogP contribution in [0.1, 0.15) is 36.8 Å². The number of nitrogens with zero attached hydrogens (tertiary/aromatic N) is 3. The Balaban J connectivity index is 1.71. The lowest BCUT2D eigenvalue weighted by Crippen LogP contribution is -2.41. The van der Waals surface area contributed by atoms with E-state index < -0.39 is 23.3 Å². The predicted octanol–water partition coefficient (Wildman–Crippen LogP) is 1.79. The van der Waals surface area contributed by atoms with Gasteiger partial charge in [0.2, 0.25) is 11.9 Å². The number of methoxy groups -OCH3 is 2. The number of rotatable bonds is 6. The van der Waals surface area contributed by atoms with Gasteiger partial charge in [0.05, 0.1) is 38.4 Å². The van der Waals surface area contributed by atoms with E-state index in [-0.39, 0.29) is 23.3 Å². The van der Waals surface area contributed by atoms with Gasteiger partial charge in [0.15, 0.2) is 0 Å². The second kappa shape index (κ2) is 10.0. The minimum absolute atomic E-state index is 0.107. The van der Waals surface area contributed by atoms with Gasteiger partial charge in [-0.15, -0.1) is 0 Å². The van der Waals surface area contributed by atoms with Crippen LogP contribution in [0.25, 0.3) is 0 Å². The van der Waals surface area contributed by atoms with E-state index in [9.17, 15) is 19.6 Å². The molecule has 184 valence electrons. The van der Waals surface area contributed by atoms with E-state index in [1.54, 1.807) is 25.1 Å². The summed E-state index contributed by atoms with van der Waals surface area (Å²) in [6.45, 7) is 3.10. The van der Waals surface area contributed by atoms with Crippen LogP contribution >= 0.6 is 0 Å². The molecule has 1 saturated heterocycles. The van der Waals surface area contributed by atoms with Crippen LogP contribution in [0.15, 0.2) is 23.0 Å². The van der Waals surface area contributed by atoms with Crippen molar-refractivity contribution in [2.75, 3.05) is 44.1 Å². The third-order valence-electron chi connectivity index (χ3n) is 6.44. The summed E-state index contributed by atoms with van der Waals surface area (Å²) >= 11 is 0. The number of benzene rings is 1. The molecule has 0 aliphatic carbocycles. The number of fused-ring (bicyclic) bond motifs is 1. The highest BCUT2D eigenvalue weighted by atomic mass is 16.5. The lowest BCUT2D eigenvalue weighted by molar-refractivity contribution is -0.148. The third kappa shape index (κ3) is 4.51. The first-order valence-corrected chi connectivity index (χ1v) is 11.4. The van der Waals surface area contributed by atoms with Crippen molar-refractivity contribution in [1.82, 2.24) is 9.97 Å². The van der Waals surface area contributed by atoms with Gasteiger partial charge in [-0.3, -0.25) is 19.4 Å². The summed E-state index contributed by atoms with van der Waals surface area (Å²) in [5, 5.41) is 12.4. The van der Waals surface area contributed by atoms with E-state index in [4.69, 9.17) is 14.2 Å². The normalized spacial score (nSPS) is 19.8. The Labute approximate surface area is 202 Å². The van der Waals surface area contributed by atoms with Crippen LogP contribution in [0.4, 0.5) is 11.8 Å². The molecule has 0 spiro atoms. The SMILES string of the molecule is CCOC(=O)C1CCN(c2nc3c(c(=O)[nH]2)C(c2ccc(OC)cc2OC)C(C#N)C(=O)N3)CC1. The largest absolute Gasteiger partial charge is 0.497 e. The number of nitriles is 1. The van der Waals surface area contributed by atoms with E-state index >= 15 is 0 Å². The fourth-order valence-electron chi connectivity index (χ4n) is 4.65. The number of amides is 1. The highest BCUT2D eigenvalue weighted by Crippen LogP contribution is 2.42. The fraction of sp³-hybridized carbons (Fsp3) is 0.458. The van der Waals surface area contributed by atoms with Crippen LogP contribution in [-0.2, 0) is 14.3 Å². The number of esters is 1. The molecule has 2 aromatic rings. The Morgan fingerprint density at radius 1 is 1.23 bits per heavy atom. The summed E-state index contributed by atoms with van der Waals surface area (Å²) in [4.78, 5) is 47.4. The smallest absolute Gasteiger partial charge is 0.309 e. The Bertz CT molecular complexity index is 1230. The molecule has 11 heteroatoms. The number of hydrogen-bond donors (Lipinski definition) is 2. The summed E-state index contributed by atoms with van der Waals surface area (Å²) in [5.41, 5.74) is 0.233. The molecule has 0 saturated carbocycles. The van der Waals surface area contributed by atoms with Gasteiger partial charge in [0.1, 0.15) is 23.2 Å². The van der Waals surface area contributed by atoms with Gasteiger partial charge >= 0.3 is 5.97 Å². The minimum atomic E-state index is -1.15. The maximum absolute atomic E-state index is 13.3. The van der Waals surface area contributed by atoms with Crippen molar-refractivity contribution in [2.45, 2.75) is 25.7 Å². The second-order valence-electron chi connectivity index (χ2n) is 8.35. The topological polar surface area (TPSA) is 147 Å². The van der Waals surface area contributed by atoms with Gasteiger partial charge < -0.3 is 24.4 Å². The number of hydrogen-bond acceptors (Lipinski definition) is 9. The Morgan fingerprint density at radius 3 is 2.60 bits per heavy atom. The average Bonchev–Trinajstić information content (AvgIpc) is 2.87. The molecule has 2 aliphatic heterocycles. The Hall–Kier alpha value is -4.07. The van der Waals surface area contributed by atoms with Crippen LogP contribution in [0.2, 0.25) is 0 Å². The summed E-state index contributed by atoms with van der Waals surface area (Å²) in [7, 11) is 2.98. The number of anilines is 2. The number of piperidine rings is 1. The average molecular weight is 482 g/mol. The first-order chi connectivity index (χ1) is 16.9. The Kier molecular flexibility index (Phi) is 6.91. The lowest BCUT2D eigenvalue weighted by atomic mass is 9.78. The van der Waals surface area contributed by atoms with Crippen LogP contribution in [0.5, 0.6) is 11.5 Å². The zero-order valence-electron chi connectivity index (χ0n) is 19.8. The number of H-pyrrole nitrogens is 1. The van der Waals surface area contributed by atoms with Gasteiger partial charge in [-0.25, -0.2) is 0 Å². The number of aromatic amines is 1. The van der Waals surface area contributed by atoms with Gasteiger partial charge in [-0.05, 0) is 25.8 Å². The van der Waals surface area contributed by atoms with Crippen LogP contribution in [0.3, 0.4) is 0 Å². The quantitative estimate of drug-likeness (QED) is 0.589. The number of ether oxygens (including phenoxy) is 3. The number of aromatic nitrogens is 2. The molecular formula is C24H27N5O6. The highest BCUT2D eigenvalue weighted by Gasteiger charge is 2.42. The lowest BCUT2D eigenvalue weighted by Gasteiger charge is -2.33. The molecule has 35 heavy (non-hydrogen) atoms. The van der Waals surface area contributed by atoms with Gasteiger partial charge in [0.25, 0.3) is 5.56 Å². The summed E-state index contributed by atoms with van der Waals surface area (Å²) in [6, 6.07) is 7.02. The van der Waals surface area contributed by atoms with Crippen molar-refractivity contribution in [2.24, 2.45) is 11.8 Å². The summed E-state index contributed by atoms with van der Waals surface area (Å²) < 4.78 is 15.8. The first-order valence-electron chi connectivity index (χ1n) is 11.4. The number of carbonyl (C=O) groups excluding carboxylic acids is 2. The van der Waals surface area contributed by atoms with Gasteiger partial charge in [-0.2, -0.15) is 10.2 Å². The van der Waals surface area contributed by atoms with Crippen LogP contribution < -0.4 is 25.2 Å². The molecule has 2 aliphatic rings. The van der Waals surface area contributed by atoms with E-state index in [0.717, 1.165) is 0 Å². The number of nitrogens with one attached hydrogen (secondary N) is 2. The van der Waals surface area contributed by atoms with E-state index in [1.165, 1.54) is 14.2 Å². The number of carbonyl (C=O) groups is 2. The molecule has 2 atom stereocenters. The molecule has 0 bridgehead atoms. The van der Waals surface area contributed by atoms with Crippen LogP contribution in [-0.4, -0.2) is 55.8 Å². The maximum Gasteiger partial charge on any atom is 0.309 e. The van der Waals surface area contributed by atoms with Crippen molar-refractivity contribution in [1.29, 1.82) is 5.26 Å². The molecule has 1 aromatic carbocycles. The zero-order valence-corrected chi connectivity index (χ0v) is 19.8. The molecule has 11 nitrogen and oxygen atoms in total. The molecule has 1 aromatic heterocycles. The van der Waals surface area contributed by atoms with Crippen molar-refractivity contribution < 1.29 is 23.8 Å². The molecule has 3 heterocycles. The molecule has 1 fully saturated rings. The summed E-state index contributed by atoms with van der Waals surface area (Å²) in [6.07, 6.45) is 1.13. The standard InChI is InChI=1S/C24H27N5O6/c1-4-35-23(32)13-7-9-29(10-8-13)24-27-20-19(22(31)28-24)18(16(12-25)21(30)26-20)15-6-5-14(33-2)11-17(15)34-3/h5-6,11,13,16,18H,4,7-10H2,1-3H3,(H2,26,27,28,30,31).